The van der Waals surface area contributed by atoms with E-state index >= 15 is 0 Å². The first-order chi connectivity index (χ1) is 18.8. The van der Waals surface area contributed by atoms with Gasteiger partial charge in [-0.3, -0.25) is 14.5 Å². The predicted octanol–water partition coefficient (Wildman–Crippen LogP) is 4.70. The fraction of sp³-hybridized carbons (Fsp3) is 0.312. The van der Waals surface area contributed by atoms with Gasteiger partial charge in [0.1, 0.15) is 17.6 Å². The van der Waals surface area contributed by atoms with Gasteiger partial charge in [-0.15, -0.1) is 0 Å². The van der Waals surface area contributed by atoms with Gasteiger partial charge in [-0.2, -0.15) is 0 Å². The molecule has 2 atom stereocenters. The zero-order valence-electron chi connectivity index (χ0n) is 22.6. The molecule has 6 rings (SSSR count). The SMILES string of the molecule is Cc1cccc(C2/C(=C(/O)c3ccc4c(c3)CC(C)O4)C(=O)C(=O)N2c2ccc(N3CCN(C)CC3)cc2)c1. The van der Waals surface area contributed by atoms with E-state index in [1.165, 1.54) is 4.90 Å². The molecule has 2 unspecified atom stereocenters. The molecule has 0 bridgehead atoms. The van der Waals surface area contributed by atoms with Gasteiger partial charge < -0.3 is 19.6 Å². The molecule has 7 nitrogen and oxygen atoms in total. The number of aliphatic hydroxyl groups is 1. The summed E-state index contributed by atoms with van der Waals surface area (Å²) in [6.07, 6.45) is 0.787. The number of Topliss-reactive ketones (excluding diaryl/α,β-unsaturated/α-hetero) is 1. The van der Waals surface area contributed by atoms with Gasteiger partial charge in [0.25, 0.3) is 11.7 Å². The molecule has 3 aliphatic rings. The number of hydrogen-bond acceptors (Lipinski definition) is 6. The van der Waals surface area contributed by atoms with Gasteiger partial charge in [0.15, 0.2) is 0 Å². The van der Waals surface area contributed by atoms with Gasteiger partial charge >= 0.3 is 0 Å². The first-order valence-corrected chi connectivity index (χ1v) is 13.5. The fourth-order valence-electron chi connectivity index (χ4n) is 5.87. The second kappa shape index (κ2) is 9.89. The molecule has 1 N–H and O–H groups in total. The Morgan fingerprint density at radius 3 is 2.36 bits per heavy atom. The number of aryl methyl sites for hydroxylation is 1. The maximum absolute atomic E-state index is 13.6. The van der Waals surface area contributed by atoms with Gasteiger partial charge in [-0.05, 0) is 74.5 Å². The first-order valence-electron chi connectivity index (χ1n) is 13.5. The Hall–Kier alpha value is -4.10. The molecule has 200 valence electrons. The summed E-state index contributed by atoms with van der Waals surface area (Å²) in [5.74, 6) is -0.713. The molecule has 0 saturated carbocycles. The second-order valence-electron chi connectivity index (χ2n) is 10.8. The van der Waals surface area contributed by atoms with Crippen LogP contribution in [0.3, 0.4) is 0 Å². The number of ketones is 1. The van der Waals surface area contributed by atoms with E-state index in [9.17, 15) is 14.7 Å². The summed E-state index contributed by atoms with van der Waals surface area (Å²) in [6, 6.07) is 20.3. The number of rotatable bonds is 4. The van der Waals surface area contributed by atoms with E-state index in [4.69, 9.17) is 4.74 Å². The summed E-state index contributed by atoms with van der Waals surface area (Å²) < 4.78 is 5.81. The van der Waals surface area contributed by atoms with Crippen molar-refractivity contribution >= 4 is 28.8 Å². The number of hydrogen-bond donors (Lipinski definition) is 1. The lowest BCUT2D eigenvalue weighted by atomic mass is 9.93. The number of ether oxygens (including phenoxy) is 1. The molecule has 7 heteroatoms. The third kappa shape index (κ3) is 4.57. The Morgan fingerprint density at radius 2 is 1.64 bits per heavy atom. The van der Waals surface area contributed by atoms with Crippen LogP contribution in [-0.4, -0.2) is 61.0 Å². The number of carbonyl (C=O) groups is 2. The van der Waals surface area contributed by atoms with Crippen molar-refractivity contribution in [1.82, 2.24) is 4.90 Å². The van der Waals surface area contributed by atoms with Crippen LogP contribution in [0.1, 0.15) is 35.2 Å². The molecule has 2 saturated heterocycles. The van der Waals surface area contributed by atoms with Crippen molar-refractivity contribution in [2.24, 2.45) is 0 Å². The van der Waals surface area contributed by atoms with Gasteiger partial charge in [-0.25, -0.2) is 0 Å². The van der Waals surface area contributed by atoms with Crippen LogP contribution in [0, 0.1) is 6.92 Å². The van der Waals surface area contributed by atoms with E-state index in [-0.39, 0.29) is 17.4 Å². The number of aliphatic hydroxyl groups excluding tert-OH is 1. The Labute approximate surface area is 228 Å². The molecule has 0 spiro atoms. The number of anilines is 2. The molecule has 3 aromatic carbocycles. The number of benzene rings is 3. The standard InChI is InChI=1S/C32H33N3O4/c1-20-5-4-6-22(17-20)29-28(30(36)23-7-12-27-24(19-23)18-21(2)39-27)31(37)32(38)35(29)26-10-8-25(9-11-26)34-15-13-33(3)14-16-34/h4-12,17,19,21,29,36H,13-16,18H2,1-3H3/b30-28-. The number of fused-ring (bicyclic) bond motifs is 1. The topological polar surface area (TPSA) is 73.3 Å². The van der Waals surface area contributed by atoms with Crippen LogP contribution in [0.5, 0.6) is 5.75 Å². The van der Waals surface area contributed by atoms with E-state index in [0.29, 0.717) is 11.3 Å². The highest BCUT2D eigenvalue weighted by molar-refractivity contribution is 6.51. The van der Waals surface area contributed by atoms with Gasteiger partial charge in [0.2, 0.25) is 0 Å². The Balaban J connectivity index is 1.42. The molecule has 39 heavy (non-hydrogen) atoms. The molecule has 3 aliphatic heterocycles. The van der Waals surface area contributed by atoms with Crippen molar-refractivity contribution in [2.45, 2.75) is 32.4 Å². The molecular weight excluding hydrogens is 490 g/mol. The third-order valence-corrected chi connectivity index (χ3v) is 7.97. The Kier molecular flexibility index (Phi) is 6.39. The summed E-state index contributed by atoms with van der Waals surface area (Å²) in [5.41, 5.74) is 5.08. The molecule has 3 heterocycles. The number of piperazine rings is 1. The highest BCUT2D eigenvalue weighted by atomic mass is 16.5. The molecule has 0 aromatic heterocycles. The summed E-state index contributed by atoms with van der Waals surface area (Å²) in [5, 5.41) is 11.5. The maximum Gasteiger partial charge on any atom is 0.300 e. The lowest BCUT2D eigenvalue weighted by Crippen LogP contribution is -2.44. The van der Waals surface area contributed by atoms with Crippen molar-refractivity contribution in [1.29, 1.82) is 0 Å². The minimum Gasteiger partial charge on any atom is -0.507 e. The van der Waals surface area contributed by atoms with Crippen LogP contribution in [0.15, 0.2) is 72.3 Å². The van der Waals surface area contributed by atoms with Crippen LogP contribution < -0.4 is 14.5 Å². The number of amides is 1. The number of likely N-dealkylation sites (N-methyl/N-ethyl adjacent to an activating group) is 1. The highest BCUT2D eigenvalue weighted by Gasteiger charge is 2.47. The maximum atomic E-state index is 13.6. The van der Waals surface area contributed by atoms with Crippen LogP contribution in [-0.2, 0) is 16.0 Å². The predicted molar refractivity (Wildman–Crippen MR) is 152 cm³/mol. The summed E-state index contributed by atoms with van der Waals surface area (Å²) in [7, 11) is 2.12. The van der Waals surface area contributed by atoms with Crippen molar-refractivity contribution in [3.8, 4) is 5.75 Å². The third-order valence-electron chi connectivity index (χ3n) is 7.97. The van der Waals surface area contributed by atoms with E-state index in [1.54, 1.807) is 6.07 Å². The average molecular weight is 524 g/mol. The van der Waals surface area contributed by atoms with Gasteiger partial charge in [-0.1, -0.05) is 29.8 Å². The number of carbonyl (C=O) groups excluding carboxylic acids is 2. The molecule has 1 amide bonds. The minimum atomic E-state index is -0.747. The smallest absolute Gasteiger partial charge is 0.300 e. The molecule has 3 aromatic rings. The van der Waals surface area contributed by atoms with Crippen LogP contribution in [0.4, 0.5) is 11.4 Å². The zero-order chi connectivity index (χ0) is 27.3. The van der Waals surface area contributed by atoms with E-state index < -0.39 is 17.7 Å². The first kappa shape index (κ1) is 25.2. The second-order valence-corrected chi connectivity index (χ2v) is 10.8. The van der Waals surface area contributed by atoms with Crippen molar-refractivity contribution in [3.05, 3.63) is 94.6 Å². The van der Waals surface area contributed by atoms with Gasteiger partial charge in [0.05, 0.1) is 11.6 Å². The monoisotopic (exact) mass is 523 g/mol. The normalized spacial score (nSPS) is 22.7. The molecule has 0 radical (unpaired) electrons. The van der Waals surface area contributed by atoms with Crippen molar-refractivity contribution < 1.29 is 19.4 Å². The van der Waals surface area contributed by atoms with Crippen molar-refractivity contribution in [2.75, 3.05) is 43.0 Å². The van der Waals surface area contributed by atoms with E-state index in [0.717, 1.165) is 60.7 Å². The Morgan fingerprint density at radius 1 is 0.923 bits per heavy atom. The highest BCUT2D eigenvalue weighted by Crippen LogP contribution is 2.43. The van der Waals surface area contributed by atoms with Crippen LogP contribution in [0.2, 0.25) is 0 Å². The lowest BCUT2D eigenvalue weighted by molar-refractivity contribution is -0.132. The largest absolute Gasteiger partial charge is 0.507 e. The van der Waals surface area contributed by atoms with Crippen molar-refractivity contribution in [3.63, 3.8) is 0 Å². The summed E-state index contributed by atoms with van der Waals surface area (Å²) >= 11 is 0. The van der Waals surface area contributed by atoms with Crippen LogP contribution in [0.25, 0.3) is 5.76 Å². The molecule has 0 aliphatic carbocycles. The average Bonchev–Trinajstić information content (AvgIpc) is 3.44. The lowest BCUT2D eigenvalue weighted by Gasteiger charge is -2.34. The zero-order valence-corrected chi connectivity index (χ0v) is 22.6. The molecule has 2 fully saturated rings. The molecular formula is C32H33N3O4. The summed E-state index contributed by atoms with van der Waals surface area (Å²) in [6.45, 7) is 7.84. The van der Waals surface area contributed by atoms with E-state index in [2.05, 4.69) is 16.8 Å². The van der Waals surface area contributed by atoms with E-state index in [1.807, 2.05) is 74.5 Å². The number of nitrogens with zero attached hydrogens (tertiary/aromatic N) is 3. The van der Waals surface area contributed by atoms with Gasteiger partial charge in [0, 0.05) is 49.5 Å². The van der Waals surface area contributed by atoms with Crippen LogP contribution >= 0.6 is 0 Å². The quantitative estimate of drug-likeness (QED) is 0.304. The fourth-order valence-corrected chi connectivity index (χ4v) is 5.87. The minimum absolute atomic E-state index is 0.0593. The Bertz CT molecular complexity index is 1470. The summed E-state index contributed by atoms with van der Waals surface area (Å²) in [4.78, 5) is 33.3.